The Bertz CT molecular complexity index is 1200. The van der Waals surface area contributed by atoms with Gasteiger partial charge in [-0.05, 0) is 30.3 Å². The zero-order valence-electron chi connectivity index (χ0n) is 18.5. The Morgan fingerprint density at radius 1 is 1.29 bits per heavy atom. The van der Waals surface area contributed by atoms with Crippen LogP contribution in [0.1, 0.15) is 12.5 Å². The molecule has 2 aliphatic heterocycles. The van der Waals surface area contributed by atoms with Crippen LogP contribution in [0.25, 0.3) is 11.3 Å². The third kappa shape index (κ3) is 5.68. The largest absolute Gasteiger partial charge is 0.442 e. The van der Waals surface area contributed by atoms with E-state index in [1.54, 1.807) is 41.7 Å². The molecule has 4 rings (SSSR count). The summed E-state index contributed by atoms with van der Waals surface area (Å²) < 4.78 is 43.1. The van der Waals surface area contributed by atoms with Crippen LogP contribution in [0.5, 0.6) is 0 Å². The molecule has 0 spiro atoms. The Kier molecular flexibility index (Phi) is 6.77. The first-order valence-corrected chi connectivity index (χ1v) is 12.5. The quantitative estimate of drug-likeness (QED) is 0.609. The number of pyridine rings is 1. The maximum atomic E-state index is 14.9. The minimum Gasteiger partial charge on any atom is -0.442 e. The van der Waals surface area contributed by atoms with Crippen LogP contribution in [0, 0.1) is 5.82 Å². The Morgan fingerprint density at radius 3 is 2.71 bits per heavy atom. The number of carbonyl (C=O) groups is 2. The third-order valence-corrected chi connectivity index (χ3v) is 7.08. The van der Waals surface area contributed by atoms with Crippen LogP contribution in [0.15, 0.2) is 41.6 Å². The van der Waals surface area contributed by atoms with Crippen molar-refractivity contribution in [3.8, 4) is 11.3 Å². The van der Waals surface area contributed by atoms with Crippen molar-refractivity contribution < 1.29 is 27.1 Å². The van der Waals surface area contributed by atoms with Crippen LogP contribution < -0.4 is 10.2 Å². The van der Waals surface area contributed by atoms with Crippen molar-refractivity contribution in [1.82, 2.24) is 15.3 Å². The fraction of sp³-hybridized carbons (Fsp3) is 0.364. The first kappa shape index (κ1) is 23.6. The van der Waals surface area contributed by atoms with Gasteiger partial charge in [0.25, 0.3) is 0 Å². The van der Waals surface area contributed by atoms with E-state index in [1.807, 2.05) is 0 Å². The van der Waals surface area contributed by atoms with Gasteiger partial charge >= 0.3 is 6.09 Å². The molecule has 2 aliphatic rings. The summed E-state index contributed by atoms with van der Waals surface area (Å²) in [5, 5.41) is 8.58. The van der Waals surface area contributed by atoms with Crippen LogP contribution in [-0.4, -0.2) is 80.4 Å². The third-order valence-electron chi connectivity index (χ3n) is 5.47. The van der Waals surface area contributed by atoms with E-state index in [0.717, 1.165) is 0 Å². The Morgan fingerprint density at radius 2 is 2.06 bits per heavy atom. The average Bonchev–Trinajstić information content (AvgIpc) is 3.18. The Hall–Kier alpha value is -3.54. The van der Waals surface area contributed by atoms with Crippen molar-refractivity contribution in [2.45, 2.75) is 13.0 Å². The highest BCUT2D eigenvalue weighted by Gasteiger charge is 2.32. The molecule has 12 heteroatoms. The number of nitrogens with zero attached hydrogens (tertiary/aromatic N) is 4. The summed E-state index contributed by atoms with van der Waals surface area (Å²) in [5.74, 6) is -0.597. The number of benzene rings is 1. The lowest BCUT2D eigenvalue weighted by molar-refractivity contribution is -0.119. The number of hydrogen-bond acceptors (Lipinski definition) is 8. The van der Waals surface area contributed by atoms with Crippen LogP contribution in [0.3, 0.4) is 0 Å². The number of ether oxygens (including phenoxy) is 1. The second kappa shape index (κ2) is 9.75. The van der Waals surface area contributed by atoms with Gasteiger partial charge in [-0.3, -0.25) is 19.7 Å². The molecule has 0 bridgehead atoms. The van der Waals surface area contributed by atoms with E-state index >= 15 is 0 Å². The summed E-state index contributed by atoms with van der Waals surface area (Å²) in [7, 11) is -2.97. The topological polar surface area (TPSA) is 121 Å². The van der Waals surface area contributed by atoms with Gasteiger partial charge in [-0.2, -0.15) is 5.10 Å². The summed E-state index contributed by atoms with van der Waals surface area (Å²) in [4.78, 5) is 28.8. The molecule has 1 N–H and O–H groups in total. The smallest absolute Gasteiger partial charge is 0.414 e. The second-order valence-corrected chi connectivity index (χ2v) is 10.3. The van der Waals surface area contributed by atoms with Crippen molar-refractivity contribution in [2.75, 3.05) is 42.6 Å². The van der Waals surface area contributed by atoms with Gasteiger partial charge in [0.05, 0.1) is 55.3 Å². The van der Waals surface area contributed by atoms with Gasteiger partial charge in [-0.15, -0.1) is 0 Å². The van der Waals surface area contributed by atoms with Gasteiger partial charge in [0.2, 0.25) is 5.91 Å². The highest BCUT2D eigenvalue weighted by Crippen LogP contribution is 2.28. The molecule has 2 amide bonds. The molecule has 10 nitrogen and oxygen atoms in total. The van der Waals surface area contributed by atoms with Gasteiger partial charge in [-0.1, -0.05) is 0 Å². The number of anilines is 1. The van der Waals surface area contributed by atoms with Gasteiger partial charge < -0.3 is 10.1 Å². The average molecular weight is 490 g/mol. The monoisotopic (exact) mass is 489 g/mol. The van der Waals surface area contributed by atoms with Crippen LogP contribution in [0.4, 0.5) is 14.9 Å². The zero-order valence-corrected chi connectivity index (χ0v) is 19.3. The molecule has 34 heavy (non-hydrogen) atoms. The number of cyclic esters (lactones) is 1. The maximum Gasteiger partial charge on any atom is 0.414 e. The summed E-state index contributed by atoms with van der Waals surface area (Å²) in [6, 6.07) is 7.81. The van der Waals surface area contributed by atoms with Crippen LogP contribution in [0.2, 0.25) is 0 Å². The molecule has 0 unspecified atom stereocenters. The molecule has 1 aromatic heterocycles. The molecule has 0 radical (unpaired) electrons. The molecule has 1 aromatic carbocycles. The molecule has 2 saturated heterocycles. The summed E-state index contributed by atoms with van der Waals surface area (Å²) in [6.45, 7) is 2.46. The predicted molar refractivity (Wildman–Crippen MR) is 124 cm³/mol. The SMILES string of the molecule is CC(=O)NC[C@H]1CN(c2ccc(-c3ccc(/C=N/N4CCS(=O)(=O)CC4)cn3)c(F)c2)C(=O)O1. The number of nitrogens with one attached hydrogen (secondary N) is 1. The van der Waals surface area contributed by atoms with E-state index in [2.05, 4.69) is 15.4 Å². The van der Waals surface area contributed by atoms with E-state index in [4.69, 9.17) is 4.74 Å². The summed E-state index contributed by atoms with van der Waals surface area (Å²) in [5.41, 5.74) is 1.73. The first-order valence-electron chi connectivity index (χ1n) is 10.7. The van der Waals surface area contributed by atoms with Crippen molar-refractivity contribution in [1.29, 1.82) is 0 Å². The Balaban J connectivity index is 1.40. The number of carbonyl (C=O) groups excluding carboxylic acids is 2. The fourth-order valence-electron chi connectivity index (χ4n) is 3.58. The van der Waals surface area contributed by atoms with E-state index in [1.165, 1.54) is 17.9 Å². The lowest BCUT2D eigenvalue weighted by Gasteiger charge is -2.23. The normalized spacial score (nSPS) is 19.9. The molecular weight excluding hydrogens is 465 g/mol. The highest BCUT2D eigenvalue weighted by atomic mass is 32.2. The second-order valence-electron chi connectivity index (χ2n) is 8.04. The maximum absolute atomic E-state index is 14.9. The zero-order chi connectivity index (χ0) is 24.3. The predicted octanol–water partition coefficient (Wildman–Crippen LogP) is 1.41. The number of hydrogen-bond donors (Lipinski definition) is 1. The van der Waals surface area contributed by atoms with Gasteiger partial charge in [0.1, 0.15) is 11.9 Å². The molecular formula is C22H24FN5O5S. The van der Waals surface area contributed by atoms with Crippen molar-refractivity contribution in [3.05, 3.63) is 47.9 Å². The number of hydrazone groups is 1. The molecule has 2 aromatic rings. The fourth-order valence-corrected chi connectivity index (χ4v) is 4.77. The molecule has 0 saturated carbocycles. The van der Waals surface area contributed by atoms with Crippen molar-refractivity contribution in [2.24, 2.45) is 5.10 Å². The van der Waals surface area contributed by atoms with Crippen LogP contribution >= 0.6 is 0 Å². The number of rotatable bonds is 6. The minimum absolute atomic E-state index is 0.0852. The lowest BCUT2D eigenvalue weighted by Crippen LogP contribution is -2.37. The first-order chi connectivity index (χ1) is 16.2. The number of halogens is 1. The molecule has 3 heterocycles. The standard InChI is InChI=1S/C22H24FN5O5S/c1-15(29)24-13-18-14-28(22(30)33-18)17-3-4-19(20(23)10-17)21-5-2-16(11-25-21)12-26-27-6-8-34(31,32)9-7-27/h2-5,10-12,18H,6-9,13-14H2,1H3,(H,24,29)/b26-12+/t18-/m0/s1. The summed E-state index contributed by atoms with van der Waals surface area (Å²) in [6.07, 6.45) is 2.03. The van der Waals surface area contributed by atoms with Gasteiger partial charge in [-0.25, -0.2) is 17.6 Å². The van der Waals surface area contributed by atoms with Crippen molar-refractivity contribution >= 4 is 33.7 Å². The van der Waals surface area contributed by atoms with Crippen LogP contribution in [-0.2, 0) is 19.4 Å². The van der Waals surface area contributed by atoms with E-state index in [-0.39, 0.29) is 36.1 Å². The lowest BCUT2D eigenvalue weighted by atomic mass is 10.1. The number of sulfone groups is 1. The van der Waals surface area contributed by atoms with E-state index < -0.39 is 27.9 Å². The Labute approximate surface area is 196 Å². The molecule has 2 fully saturated rings. The van der Waals surface area contributed by atoms with Gasteiger partial charge in [0, 0.05) is 24.2 Å². The number of aromatic nitrogens is 1. The minimum atomic E-state index is -2.97. The van der Waals surface area contributed by atoms with E-state index in [0.29, 0.717) is 30.0 Å². The molecule has 0 aliphatic carbocycles. The number of amides is 2. The molecule has 180 valence electrons. The highest BCUT2D eigenvalue weighted by molar-refractivity contribution is 7.91. The van der Waals surface area contributed by atoms with Crippen molar-refractivity contribution in [3.63, 3.8) is 0 Å². The van der Waals surface area contributed by atoms with Gasteiger partial charge in [0.15, 0.2) is 9.84 Å². The summed E-state index contributed by atoms with van der Waals surface area (Å²) >= 11 is 0. The molecule has 1 atom stereocenters. The van der Waals surface area contributed by atoms with E-state index in [9.17, 15) is 22.4 Å².